The molecular weight excluding hydrogens is 256 g/mol. The lowest BCUT2D eigenvalue weighted by Crippen LogP contribution is -2.38. The Morgan fingerprint density at radius 3 is 1.75 bits per heavy atom. The minimum absolute atomic E-state index is 0.0456. The SMILES string of the molecule is CC(C)OCC(COC(C)(C)COC(C)C)OC(C)C. The summed E-state index contributed by atoms with van der Waals surface area (Å²) >= 11 is 0. The summed E-state index contributed by atoms with van der Waals surface area (Å²) in [4.78, 5) is 0. The van der Waals surface area contributed by atoms with Gasteiger partial charge in [-0.05, 0) is 55.4 Å². The fourth-order valence-electron chi connectivity index (χ4n) is 1.54. The van der Waals surface area contributed by atoms with Crippen LogP contribution in [-0.2, 0) is 18.9 Å². The molecule has 0 aliphatic carbocycles. The van der Waals surface area contributed by atoms with Crippen LogP contribution in [0.5, 0.6) is 0 Å². The molecule has 0 aromatic carbocycles. The molecule has 0 radical (unpaired) electrons. The van der Waals surface area contributed by atoms with Crippen LogP contribution in [0, 0.1) is 0 Å². The van der Waals surface area contributed by atoms with Gasteiger partial charge < -0.3 is 18.9 Å². The smallest absolute Gasteiger partial charge is 0.104 e. The Morgan fingerprint density at radius 1 is 0.750 bits per heavy atom. The summed E-state index contributed by atoms with van der Waals surface area (Å²) in [5.74, 6) is 0. The number of ether oxygens (including phenoxy) is 4. The summed E-state index contributed by atoms with van der Waals surface area (Å²) in [6.07, 6.45) is 0.528. The normalized spacial score (nSPS) is 14.6. The highest BCUT2D eigenvalue weighted by Gasteiger charge is 2.23. The average Bonchev–Trinajstić information content (AvgIpc) is 2.30. The molecule has 122 valence electrons. The van der Waals surface area contributed by atoms with Gasteiger partial charge in [0.15, 0.2) is 0 Å². The predicted molar refractivity (Wildman–Crippen MR) is 82.2 cm³/mol. The third-order valence-corrected chi connectivity index (χ3v) is 2.50. The lowest BCUT2D eigenvalue weighted by molar-refractivity contribution is -0.142. The summed E-state index contributed by atoms with van der Waals surface area (Å²) in [5, 5.41) is 0. The summed E-state index contributed by atoms with van der Waals surface area (Å²) < 4.78 is 23.0. The molecule has 0 amide bonds. The van der Waals surface area contributed by atoms with Crippen molar-refractivity contribution in [2.24, 2.45) is 0 Å². The third kappa shape index (κ3) is 11.6. The van der Waals surface area contributed by atoms with Gasteiger partial charge in [0.2, 0.25) is 0 Å². The molecule has 1 atom stereocenters. The van der Waals surface area contributed by atoms with Gasteiger partial charge in [0.05, 0.1) is 43.7 Å². The second-order valence-corrected chi connectivity index (χ2v) is 6.62. The van der Waals surface area contributed by atoms with E-state index in [1.165, 1.54) is 0 Å². The van der Waals surface area contributed by atoms with Crippen LogP contribution in [0.3, 0.4) is 0 Å². The van der Waals surface area contributed by atoms with Crippen LogP contribution in [0.25, 0.3) is 0 Å². The molecule has 0 saturated heterocycles. The second kappa shape index (κ2) is 9.72. The van der Waals surface area contributed by atoms with Crippen LogP contribution in [0.2, 0.25) is 0 Å². The van der Waals surface area contributed by atoms with E-state index in [1.807, 2.05) is 55.4 Å². The molecule has 0 fully saturated rings. The predicted octanol–water partition coefficient (Wildman–Crippen LogP) is 3.43. The highest BCUT2D eigenvalue weighted by molar-refractivity contribution is 4.70. The van der Waals surface area contributed by atoms with Gasteiger partial charge in [0, 0.05) is 0 Å². The molecule has 0 spiro atoms. The molecule has 0 heterocycles. The number of hydrogen-bond donors (Lipinski definition) is 0. The van der Waals surface area contributed by atoms with E-state index in [1.54, 1.807) is 0 Å². The summed E-state index contributed by atoms with van der Waals surface area (Å²) in [6.45, 7) is 17.8. The molecule has 20 heavy (non-hydrogen) atoms. The van der Waals surface area contributed by atoms with Gasteiger partial charge in [-0.1, -0.05) is 0 Å². The molecule has 0 rings (SSSR count). The van der Waals surface area contributed by atoms with Gasteiger partial charge >= 0.3 is 0 Å². The number of rotatable bonds is 11. The van der Waals surface area contributed by atoms with Gasteiger partial charge in [0.1, 0.15) is 6.10 Å². The molecule has 0 aliphatic heterocycles. The molecule has 0 bridgehead atoms. The first-order chi connectivity index (χ1) is 9.12. The van der Waals surface area contributed by atoms with E-state index in [2.05, 4.69) is 0 Å². The van der Waals surface area contributed by atoms with Gasteiger partial charge in [-0.3, -0.25) is 0 Å². The zero-order valence-electron chi connectivity index (χ0n) is 14.6. The topological polar surface area (TPSA) is 36.9 Å². The molecule has 0 N–H and O–H groups in total. The van der Waals surface area contributed by atoms with E-state index in [0.29, 0.717) is 19.8 Å². The second-order valence-electron chi connectivity index (χ2n) is 6.62. The minimum atomic E-state index is -0.319. The van der Waals surface area contributed by atoms with Gasteiger partial charge in [0.25, 0.3) is 0 Å². The molecule has 4 nitrogen and oxygen atoms in total. The van der Waals surface area contributed by atoms with Crippen molar-refractivity contribution in [3.05, 3.63) is 0 Å². The third-order valence-electron chi connectivity index (χ3n) is 2.50. The Labute approximate surface area is 125 Å². The summed E-state index contributed by atoms with van der Waals surface area (Å²) in [5.41, 5.74) is -0.319. The molecule has 0 aliphatic rings. The van der Waals surface area contributed by atoms with Crippen molar-refractivity contribution in [1.82, 2.24) is 0 Å². The van der Waals surface area contributed by atoms with E-state index >= 15 is 0 Å². The van der Waals surface area contributed by atoms with Crippen molar-refractivity contribution < 1.29 is 18.9 Å². The molecule has 0 aromatic rings. The van der Waals surface area contributed by atoms with Crippen LogP contribution in [-0.4, -0.2) is 49.8 Å². The zero-order valence-corrected chi connectivity index (χ0v) is 14.6. The van der Waals surface area contributed by atoms with Crippen molar-refractivity contribution in [1.29, 1.82) is 0 Å². The Kier molecular flexibility index (Phi) is 9.64. The van der Waals surface area contributed by atoms with Gasteiger partial charge in [-0.15, -0.1) is 0 Å². The van der Waals surface area contributed by atoms with Crippen LogP contribution >= 0.6 is 0 Å². The maximum absolute atomic E-state index is 5.95. The van der Waals surface area contributed by atoms with E-state index in [0.717, 1.165) is 0 Å². The summed E-state index contributed by atoms with van der Waals surface area (Å²) in [6, 6.07) is 0. The lowest BCUT2D eigenvalue weighted by Gasteiger charge is -2.29. The Morgan fingerprint density at radius 2 is 1.30 bits per heavy atom. The molecule has 0 saturated carbocycles. The molecule has 0 aromatic heterocycles. The Hall–Kier alpha value is -0.160. The van der Waals surface area contributed by atoms with Crippen LogP contribution in [0.1, 0.15) is 55.4 Å². The van der Waals surface area contributed by atoms with Crippen molar-refractivity contribution in [3.8, 4) is 0 Å². The quantitative estimate of drug-likeness (QED) is 0.584. The first-order valence-corrected chi connectivity index (χ1v) is 7.65. The van der Waals surface area contributed by atoms with Crippen molar-refractivity contribution in [2.45, 2.75) is 85.4 Å². The molecular formula is C16H34O4. The summed E-state index contributed by atoms with van der Waals surface area (Å²) in [7, 11) is 0. The van der Waals surface area contributed by atoms with Crippen molar-refractivity contribution in [3.63, 3.8) is 0 Å². The fraction of sp³-hybridized carbons (Fsp3) is 1.00. The highest BCUT2D eigenvalue weighted by atomic mass is 16.6. The van der Waals surface area contributed by atoms with E-state index in [4.69, 9.17) is 18.9 Å². The monoisotopic (exact) mass is 290 g/mol. The van der Waals surface area contributed by atoms with E-state index in [9.17, 15) is 0 Å². The van der Waals surface area contributed by atoms with Gasteiger partial charge in [-0.25, -0.2) is 0 Å². The first-order valence-electron chi connectivity index (χ1n) is 7.65. The standard InChI is InChI=1S/C16H34O4/c1-12(2)17-9-15(20-14(5)6)10-19-16(7,8)11-18-13(3)4/h12-15H,9-11H2,1-8H3. The average molecular weight is 290 g/mol. The fourth-order valence-corrected chi connectivity index (χ4v) is 1.54. The van der Waals surface area contributed by atoms with Crippen molar-refractivity contribution in [2.75, 3.05) is 19.8 Å². The van der Waals surface area contributed by atoms with Crippen LogP contribution < -0.4 is 0 Å². The van der Waals surface area contributed by atoms with Crippen LogP contribution in [0.4, 0.5) is 0 Å². The lowest BCUT2D eigenvalue weighted by atomic mass is 10.1. The molecule has 4 heteroatoms. The zero-order chi connectivity index (χ0) is 15.8. The van der Waals surface area contributed by atoms with Crippen molar-refractivity contribution >= 4 is 0 Å². The van der Waals surface area contributed by atoms with Crippen LogP contribution in [0.15, 0.2) is 0 Å². The van der Waals surface area contributed by atoms with E-state index in [-0.39, 0.29) is 30.0 Å². The highest BCUT2D eigenvalue weighted by Crippen LogP contribution is 2.13. The maximum Gasteiger partial charge on any atom is 0.104 e. The van der Waals surface area contributed by atoms with Gasteiger partial charge in [-0.2, -0.15) is 0 Å². The Balaban J connectivity index is 4.20. The number of hydrogen-bond acceptors (Lipinski definition) is 4. The maximum atomic E-state index is 5.95. The first kappa shape index (κ1) is 19.8. The Bertz CT molecular complexity index is 237. The molecule has 1 unspecified atom stereocenters. The van der Waals surface area contributed by atoms with E-state index < -0.39 is 0 Å². The minimum Gasteiger partial charge on any atom is -0.376 e. The largest absolute Gasteiger partial charge is 0.376 e.